The topological polar surface area (TPSA) is 71.4 Å². The number of rotatable bonds is 4. The number of nitrogens with zero attached hydrogens (tertiary/aromatic N) is 4. The highest BCUT2D eigenvalue weighted by Crippen LogP contribution is 2.41. The van der Waals surface area contributed by atoms with E-state index in [0.717, 1.165) is 11.2 Å². The number of aromatic nitrogens is 5. The van der Waals surface area contributed by atoms with E-state index in [9.17, 15) is 4.39 Å². The number of fused-ring (bicyclic) bond motifs is 2. The largest absolute Gasteiger partial charge is 0.360 e. The summed E-state index contributed by atoms with van der Waals surface area (Å²) in [5.41, 5.74) is 3.40. The minimum atomic E-state index is -0.340. The predicted octanol–water partition coefficient (Wildman–Crippen LogP) is 5.92. The molecule has 9 heteroatoms. The fourth-order valence-electron chi connectivity index (χ4n) is 3.69. The standard InChI is InChI=1S/C21H15Cl2FN6/c1-11(29-21-18-20(26-9-25-18)27-10-28-21)19-17(23)16-14(22)6-3-7-15(16)30(19)13-5-2-4-12(24)8-13/h2-11H,1H3,(H2,25,26,27,28,29). The second-order valence-corrected chi connectivity index (χ2v) is 7.62. The molecule has 0 amide bonds. The van der Waals surface area contributed by atoms with Gasteiger partial charge in [-0.05, 0) is 37.3 Å². The minimum absolute atomic E-state index is 0.306. The third kappa shape index (κ3) is 2.98. The predicted molar refractivity (Wildman–Crippen MR) is 117 cm³/mol. The normalized spacial score (nSPS) is 12.5. The second-order valence-electron chi connectivity index (χ2n) is 6.84. The Bertz CT molecular complexity index is 1390. The van der Waals surface area contributed by atoms with Gasteiger partial charge in [0.05, 0.1) is 33.6 Å². The van der Waals surface area contributed by atoms with Crippen molar-refractivity contribution < 1.29 is 4.39 Å². The van der Waals surface area contributed by atoms with Crippen LogP contribution in [0.4, 0.5) is 10.2 Å². The van der Waals surface area contributed by atoms with Crippen LogP contribution in [0.1, 0.15) is 18.7 Å². The highest BCUT2D eigenvalue weighted by Gasteiger charge is 2.24. The third-order valence-corrected chi connectivity index (χ3v) is 5.66. The highest BCUT2D eigenvalue weighted by molar-refractivity contribution is 6.43. The summed E-state index contributed by atoms with van der Waals surface area (Å²) in [5, 5.41) is 5.09. The summed E-state index contributed by atoms with van der Waals surface area (Å²) in [6, 6.07) is 11.6. The van der Waals surface area contributed by atoms with E-state index in [1.807, 2.05) is 29.7 Å². The van der Waals surface area contributed by atoms with Crippen LogP contribution < -0.4 is 5.32 Å². The van der Waals surface area contributed by atoms with Gasteiger partial charge in [-0.25, -0.2) is 19.3 Å². The zero-order valence-electron chi connectivity index (χ0n) is 15.7. The van der Waals surface area contributed by atoms with Gasteiger partial charge in [0.25, 0.3) is 0 Å². The Labute approximate surface area is 180 Å². The monoisotopic (exact) mass is 440 g/mol. The number of nitrogens with one attached hydrogen (secondary N) is 2. The molecule has 6 nitrogen and oxygen atoms in total. The number of aromatic amines is 1. The van der Waals surface area contributed by atoms with Gasteiger partial charge >= 0.3 is 0 Å². The molecular weight excluding hydrogens is 426 g/mol. The number of hydrogen-bond donors (Lipinski definition) is 2. The molecule has 0 saturated carbocycles. The summed E-state index contributed by atoms with van der Waals surface area (Å²) in [7, 11) is 0. The van der Waals surface area contributed by atoms with Crippen molar-refractivity contribution >= 4 is 51.1 Å². The van der Waals surface area contributed by atoms with Crippen molar-refractivity contribution in [1.82, 2.24) is 24.5 Å². The average molecular weight is 441 g/mol. The van der Waals surface area contributed by atoms with E-state index in [-0.39, 0.29) is 11.9 Å². The molecule has 0 aliphatic rings. The van der Waals surface area contributed by atoms with E-state index in [1.54, 1.807) is 18.5 Å². The van der Waals surface area contributed by atoms with Gasteiger partial charge in [0.15, 0.2) is 11.5 Å². The zero-order chi connectivity index (χ0) is 20.8. The number of imidazole rings is 1. The third-order valence-electron chi connectivity index (χ3n) is 4.96. The Morgan fingerprint density at radius 1 is 1.10 bits per heavy atom. The first kappa shape index (κ1) is 18.8. The van der Waals surface area contributed by atoms with Crippen molar-refractivity contribution in [3.8, 4) is 5.69 Å². The summed E-state index contributed by atoms with van der Waals surface area (Å²) < 4.78 is 16.0. The lowest BCUT2D eigenvalue weighted by atomic mass is 10.2. The van der Waals surface area contributed by atoms with Crippen molar-refractivity contribution in [3.05, 3.63) is 76.7 Å². The van der Waals surface area contributed by atoms with E-state index in [4.69, 9.17) is 23.2 Å². The van der Waals surface area contributed by atoms with Crippen molar-refractivity contribution in [2.24, 2.45) is 0 Å². The van der Waals surface area contributed by atoms with E-state index in [2.05, 4.69) is 25.3 Å². The van der Waals surface area contributed by atoms with Gasteiger partial charge in [-0.3, -0.25) is 0 Å². The maximum atomic E-state index is 14.0. The molecule has 0 spiro atoms. The fraction of sp³-hybridized carbons (Fsp3) is 0.0952. The number of halogens is 3. The van der Waals surface area contributed by atoms with Gasteiger partial charge in [-0.2, -0.15) is 0 Å². The lowest BCUT2D eigenvalue weighted by Crippen LogP contribution is -2.13. The van der Waals surface area contributed by atoms with Crippen LogP contribution in [0.5, 0.6) is 0 Å². The maximum absolute atomic E-state index is 14.0. The Balaban J connectivity index is 1.72. The molecule has 150 valence electrons. The molecule has 2 N–H and O–H groups in total. The van der Waals surface area contributed by atoms with Crippen molar-refractivity contribution in [3.63, 3.8) is 0 Å². The molecule has 30 heavy (non-hydrogen) atoms. The first-order chi connectivity index (χ1) is 14.5. The van der Waals surface area contributed by atoms with E-state index in [1.165, 1.54) is 18.5 Å². The lowest BCUT2D eigenvalue weighted by molar-refractivity contribution is 0.626. The van der Waals surface area contributed by atoms with Crippen LogP contribution in [0.15, 0.2) is 55.1 Å². The molecule has 3 heterocycles. The van der Waals surface area contributed by atoms with Gasteiger partial charge in [0, 0.05) is 11.1 Å². The maximum Gasteiger partial charge on any atom is 0.162 e. The number of hydrogen-bond acceptors (Lipinski definition) is 4. The highest BCUT2D eigenvalue weighted by atomic mass is 35.5. The van der Waals surface area contributed by atoms with Crippen LogP contribution in [-0.4, -0.2) is 24.5 Å². The number of anilines is 1. The molecule has 0 aliphatic carbocycles. The number of benzene rings is 2. The molecule has 1 atom stereocenters. The zero-order valence-corrected chi connectivity index (χ0v) is 17.2. The lowest BCUT2D eigenvalue weighted by Gasteiger charge is -2.19. The van der Waals surface area contributed by atoms with Crippen molar-refractivity contribution in [1.29, 1.82) is 0 Å². The summed E-state index contributed by atoms with van der Waals surface area (Å²) >= 11 is 13.3. The average Bonchev–Trinajstić information content (AvgIpc) is 3.32. The molecular formula is C21H15Cl2FN6. The molecule has 0 saturated heterocycles. The molecule has 1 unspecified atom stereocenters. The smallest absolute Gasteiger partial charge is 0.162 e. The molecule has 5 aromatic rings. The van der Waals surface area contributed by atoms with Crippen LogP contribution in [-0.2, 0) is 0 Å². The molecule has 0 radical (unpaired) electrons. The first-order valence-corrected chi connectivity index (χ1v) is 9.95. The molecule has 5 rings (SSSR count). The van der Waals surface area contributed by atoms with Gasteiger partial charge in [-0.1, -0.05) is 35.3 Å². The molecule has 2 aromatic carbocycles. The summed E-state index contributed by atoms with van der Waals surface area (Å²) in [6.45, 7) is 1.95. The molecule has 3 aromatic heterocycles. The minimum Gasteiger partial charge on any atom is -0.360 e. The second kappa shape index (κ2) is 7.27. The molecule has 0 bridgehead atoms. The van der Waals surface area contributed by atoms with Gasteiger partial charge in [-0.15, -0.1) is 0 Å². The van der Waals surface area contributed by atoms with Gasteiger partial charge in [0.1, 0.15) is 17.7 Å². The van der Waals surface area contributed by atoms with E-state index < -0.39 is 0 Å². The molecule has 0 fully saturated rings. The van der Waals surface area contributed by atoms with Crippen molar-refractivity contribution in [2.45, 2.75) is 13.0 Å². The van der Waals surface area contributed by atoms with Crippen LogP contribution in [0.25, 0.3) is 27.8 Å². The van der Waals surface area contributed by atoms with Crippen LogP contribution in [0.3, 0.4) is 0 Å². The van der Waals surface area contributed by atoms with E-state index in [0.29, 0.717) is 38.1 Å². The Morgan fingerprint density at radius 2 is 1.93 bits per heavy atom. The van der Waals surface area contributed by atoms with Crippen LogP contribution in [0.2, 0.25) is 10.0 Å². The Kier molecular flexibility index (Phi) is 4.56. The molecule has 0 aliphatic heterocycles. The Morgan fingerprint density at radius 3 is 2.77 bits per heavy atom. The van der Waals surface area contributed by atoms with Gasteiger partial charge in [0.2, 0.25) is 0 Å². The SMILES string of the molecule is CC(Nc1ncnc2[nH]cnc12)c1c(Cl)c2c(Cl)cccc2n1-c1cccc(F)c1. The fourth-order valence-corrected chi connectivity index (χ4v) is 4.45. The number of H-pyrrole nitrogens is 1. The Hall–Kier alpha value is -3.16. The van der Waals surface area contributed by atoms with Crippen LogP contribution >= 0.6 is 23.2 Å². The summed E-state index contributed by atoms with van der Waals surface area (Å²) in [4.78, 5) is 15.7. The quantitative estimate of drug-likeness (QED) is 0.364. The van der Waals surface area contributed by atoms with E-state index >= 15 is 0 Å². The summed E-state index contributed by atoms with van der Waals surface area (Å²) in [6.07, 6.45) is 3.02. The van der Waals surface area contributed by atoms with Gasteiger partial charge < -0.3 is 14.9 Å². The summed E-state index contributed by atoms with van der Waals surface area (Å²) in [5.74, 6) is 0.222. The first-order valence-electron chi connectivity index (χ1n) is 9.19. The van der Waals surface area contributed by atoms with Crippen LogP contribution in [0, 0.1) is 5.82 Å². The van der Waals surface area contributed by atoms with Crippen molar-refractivity contribution in [2.75, 3.05) is 5.32 Å².